The fourth-order valence-corrected chi connectivity index (χ4v) is 3.88. The van der Waals surface area contributed by atoms with Crippen molar-refractivity contribution >= 4 is 16.6 Å². The van der Waals surface area contributed by atoms with Gasteiger partial charge in [-0.25, -0.2) is 28.8 Å². The molecule has 0 spiro atoms. The van der Waals surface area contributed by atoms with E-state index in [1.165, 1.54) is 6.92 Å². The maximum atomic E-state index is 14.8. The van der Waals surface area contributed by atoms with Crippen LogP contribution >= 0.6 is 0 Å². The average Bonchev–Trinajstić information content (AvgIpc) is 2.84. The number of nitrogens with one attached hydrogen (secondary N) is 2. The standard InChI is InChI=1S/C23H17F8N7O2/c1-10(36-17-7-35-37-20(39)18(17)23(29,30)31)2-12(24)8-38-9-34-16-4-13(15(25)3-14(16)21(38)40)19-32-5-11(6-33-19)22(26,27)28/h3-7,9-10,12H,2,8H2,1H3,(H2,36,37,39). The van der Waals surface area contributed by atoms with Gasteiger partial charge in [-0.2, -0.15) is 31.4 Å². The molecule has 3 heterocycles. The second kappa shape index (κ2) is 10.6. The Balaban J connectivity index is 1.51. The van der Waals surface area contributed by atoms with E-state index in [9.17, 15) is 44.7 Å². The molecule has 0 saturated heterocycles. The Kier molecular flexibility index (Phi) is 7.58. The van der Waals surface area contributed by atoms with E-state index in [0.717, 1.165) is 29.2 Å². The SMILES string of the molecule is CC(CC(F)Cn1cnc2cc(-c3ncc(C(F)(F)F)cn3)c(F)cc2c1=O)Nc1cn[nH]c(=O)c1C(F)(F)F. The van der Waals surface area contributed by atoms with E-state index in [1.54, 1.807) is 5.10 Å². The number of nitrogens with zero attached hydrogens (tertiary/aromatic N) is 5. The predicted molar refractivity (Wildman–Crippen MR) is 124 cm³/mol. The summed E-state index contributed by atoms with van der Waals surface area (Å²) in [4.78, 5) is 35.4. The highest BCUT2D eigenvalue weighted by Gasteiger charge is 2.37. The van der Waals surface area contributed by atoms with Gasteiger partial charge in [-0.15, -0.1) is 0 Å². The van der Waals surface area contributed by atoms with Gasteiger partial charge < -0.3 is 5.32 Å². The lowest BCUT2D eigenvalue weighted by Crippen LogP contribution is -2.30. The van der Waals surface area contributed by atoms with Crippen molar-refractivity contribution in [3.8, 4) is 11.4 Å². The Bertz CT molecular complexity index is 1650. The number of anilines is 1. The third kappa shape index (κ3) is 6.07. The summed E-state index contributed by atoms with van der Waals surface area (Å²) in [5.41, 5.74) is -6.01. The van der Waals surface area contributed by atoms with Crippen LogP contribution in [0.4, 0.5) is 40.8 Å². The molecule has 1 aromatic carbocycles. The zero-order chi connectivity index (χ0) is 29.4. The Labute approximate surface area is 217 Å². The van der Waals surface area contributed by atoms with Crippen LogP contribution in [0.25, 0.3) is 22.3 Å². The fourth-order valence-electron chi connectivity index (χ4n) is 3.88. The van der Waals surface area contributed by atoms with E-state index in [-0.39, 0.29) is 22.3 Å². The summed E-state index contributed by atoms with van der Waals surface area (Å²) in [7, 11) is 0. The van der Waals surface area contributed by atoms with E-state index in [1.807, 2.05) is 0 Å². The molecule has 0 aliphatic carbocycles. The number of alkyl halides is 7. The van der Waals surface area contributed by atoms with E-state index in [2.05, 4.69) is 25.4 Å². The molecule has 4 aromatic rings. The smallest absolute Gasteiger partial charge is 0.381 e. The van der Waals surface area contributed by atoms with Gasteiger partial charge >= 0.3 is 12.4 Å². The first-order chi connectivity index (χ1) is 18.6. The van der Waals surface area contributed by atoms with Gasteiger partial charge in [-0.1, -0.05) is 0 Å². The lowest BCUT2D eigenvalue weighted by Gasteiger charge is -2.20. The normalized spacial score (nSPS) is 13.8. The van der Waals surface area contributed by atoms with Crippen LogP contribution < -0.4 is 16.4 Å². The second-order valence-electron chi connectivity index (χ2n) is 8.71. The van der Waals surface area contributed by atoms with Crippen LogP contribution in [0.15, 0.2) is 46.6 Å². The van der Waals surface area contributed by atoms with Crippen molar-refractivity contribution in [3.05, 3.63) is 74.7 Å². The highest BCUT2D eigenvalue weighted by molar-refractivity contribution is 5.82. The number of benzene rings is 1. The van der Waals surface area contributed by atoms with Crippen molar-refractivity contribution in [2.45, 2.75) is 44.5 Å². The molecule has 0 aliphatic heterocycles. The van der Waals surface area contributed by atoms with Crippen molar-refractivity contribution in [2.75, 3.05) is 5.32 Å². The van der Waals surface area contributed by atoms with Crippen molar-refractivity contribution in [2.24, 2.45) is 0 Å². The number of H-pyrrole nitrogens is 1. The largest absolute Gasteiger partial charge is 0.423 e. The summed E-state index contributed by atoms with van der Waals surface area (Å²) >= 11 is 0. The van der Waals surface area contributed by atoms with Crippen LogP contribution in [0.1, 0.15) is 24.5 Å². The van der Waals surface area contributed by atoms with Crippen LogP contribution in [0, 0.1) is 5.82 Å². The first-order valence-electron chi connectivity index (χ1n) is 11.3. The summed E-state index contributed by atoms with van der Waals surface area (Å²) in [5, 5.41) is 7.12. The van der Waals surface area contributed by atoms with Gasteiger partial charge in [0.15, 0.2) is 5.82 Å². The van der Waals surface area contributed by atoms with Crippen molar-refractivity contribution in [3.63, 3.8) is 0 Å². The van der Waals surface area contributed by atoms with Crippen molar-refractivity contribution < 1.29 is 35.1 Å². The van der Waals surface area contributed by atoms with Crippen molar-refractivity contribution in [1.82, 2.24) is 29.7 Å². The van der Waals surface area contributed by atoms with Crippen molar-refractivity contribution in [1.29, 1.82) is 0 Å². The predicted octanol–water partition coefficient (Wildman–Crippen LogP) is 4.34. The molecule has 0 bridgehead atoms. The lowest BCUT2D eigenvalue weighted by atomic mass is 10.1. The van der Waals surface area contributed by atoms with Gasteiger partial charge in [-0.05, 0) is 19.1 Å². The minimum atomic E-state index is -4.99. The lowest BCUT2D eigenvalue weighted by molar-refractivity contribution is -0.139. The van der Waals surface area contributed by atoms with Gasteiger partial charge in [0.05, 0.1) is 46.8 Å². The molecule has 212 valence electrons. The highest BCUT2D eigenvalue weighted by Crippen LogP contribution is 2.32. The summed E-state index contributed by atoms with van der Waals surface area (Å²) in [6.45, 7) is 0.772. The third-order valence-electron chi connectivity index (χ3n) is 5.68. The first kappa shape index (κ1) is 28.6. The number of halogens is 8. The Hall–Kier alpha value is -4.44. The van der Waals surface area contributed by atoms with Gasteiger partial charge in [0.2, 0.25) is 0 Å². The molecule has 40 heavy (non-hydrogen) atoms. The van der Waals surface area contributed by atoms with Gasteiger partial charge in [0.25, 0.3) is 11.1 Å². The van der Waals surface area contributed by atoms with E-state index in [0.29, 0.717) is 12.4 Å². The third-order valence-corrected chi connectivity index (χ3v) is 5.68. The molecule has 3 aromatic heterocycles. The zero-order valence-electron chi connectivity index (χ0n) is 20.1. The quantitative estimate of drug-likeness (QED) is 0.315. The molecule has 9 nitrogen and oxygen atoms in total. The van der Waals surface area contributed by atoms with E-state index >= 15 is 0 Å². The second-order valence-corrected chi connectivity index (χ2v) is 8.71. The minimum absolute atomic E-state index is 0.0620. The zero-order valence-corrected chi connectivity index (χ0v) is 20.1. The number of aromatic amines is 1. The molecular weight excluding hydrogens is 558 g/mol. The van der Waals surface area contributed by atoms with Crippen LogP contribution in [-0.4, -0.2) is 41.9 Å². The maximum Gasteiger partial charge on any atom is 0.423 e. The number of hydrogen-bond donors (Lipinski definition) is 2. The molecule has 0 saturated carbocycles. The van der Waals surface area contributed by atoms with E-state index in [4.69, 9.17) is 0 Å². The minimum Gasteiger partial charge on any atom is -0.381 e. The highest BCUT2D eigenvalue weighted by atomic mass is 19.4. The van der Waals surface area contributed by atoms with Crippen LogP contribution in [0.5, 0.6) is 0 Å². The average molecular weight is 575 g/mol. The fraction of sp³-hybridized carbons (Fsp3) is 0.304. The van der Waals surface area contributed by atoms with Gasteiger partial charge in [-0.3, -0.25) is 14.2 Å². The van der Waals surface area contributed by atoms with Crippen LogP contribution in [-0.2, 0) is 18.9 Å². The molecule has 2 N–H and O–H groups in total. The monoisotopic (exact) mass is 575 g/mol. The molecule has 17 heteroatoms. The Morgan fingerprint density at radius 2 is 1.68 bits per heavy atom. The number of fused-ring (bicyclic) bond motifs is 1. The molecule has 0 radical (unpaired) electrons. The summed E-state index contributed by atoms with van der Waals surface area (Å²) in [6, 6.07) is 0.895. The molecule has 0 amide bonds. The summed E-state index contributed by atoms with van der Waals surface area (Å²) in [5.74, 6) is -1.42. The molecule has 4 rings (SSSR count). The Morgan fingerprint density at radius 3 is 2.30 bits per heavy atom. The summed E-state index contributed by atoms with van der Waals surface area (Å²) < 4.78 is 108. The maximum absolute atomic E-state index is 14.8. The molecule has 0 aliphatic rings. The van der Waals surface area contributed by atoms with E-state index < -0.39 is 71.3 Å². The van der Waals surface area contributed by atoms with Crippen LogP contribution in [0.3, 0.4) is 0 Å². The Morgan fingerprint density at radius 1 is 1.00 bits per heavy atom. The number of rotatable bonds is 7. The molecule has 2 unspecified atom stereocenters. The molecular formula is C23H17F8N7O2. The summed E-state index contributed by atoms with van der Waals surface area (Å²) in [6.07, 6.45) is -9.21. The topological polar surface area (TPSA) is 118 Å². The number of aromatic nitrogens is 6. The molecule has 0 fully saturated rings. The van der Waals surface area contributed by atoms with Gasteiger partial charge in [0.1, 0.15) is 17.6 Å². The first-order valence-corrected chi connectivity index (χ1v) is 11.3. The number of hydrogen-bond acceptors (Lipinski definition) is 7. The van der Waals surface area contributed by atoms with Crippen LogP contribution in [0.2, 0.25) is 0 Å². The molecule has 2 atom stereocenters. The van der Waals surface area contributed by atoms with Gasteiger partial charge in [0, 0.05) is 24.9 Å².